The number of hydrogen-bond acceptors (Lipinski definition) is 2. The number of amides is 1. The number of methoxy groups -OCH3 is 1. The van der Waals surface area contributed by atoms with Crippen LogP contribution in [0.5, 0.6) is 5.75 Å². The van der Waals surface area contributed by atoms with Gasteiger partial charge in [0.25, 0.3) is 0 Å². The molecule has 0 radical (unpaired) electrons. The van der Waals surface area contributed by atoms with Gasteiger partial charge in [0.15, 0.2) is 0 Å². The molecule has 3 saturated carbocycles. The molecular formula is C16H19NO2. The van der Waals surface area contributed by atoms with E-state index in [0.29, 0.717) is 17.8 Å². The Bertz CT molecular complexity index is 494. The van der Waals surface area contributed by atoms with E-state index in [1.807, 2.05) is 24.3 Å². The van der Waals surface area contributed by atoms with E-state index in [2.05, 4.69) is 5.32 Å². The van der Waals surface area contributed by atoms with Crippen molar-refractivity contribution in [2.24, 2.45) is 29.6 Å². The van der Waals surface area contributed by atoms with E-state index in [4.69, 9.17) is 4.74 Å². The number of fused-ring (bicyclic) bond motifs is 5. The van der Waals surface area contributed by atoms with Crippen molar-refractivity contribution < 1.29 is 9.53 Å². The van der Waals surface area contributed by atoms with Crippen molar-refractivity contribution in [3.05, 3.63) is 24.3 Å². The van der Waals surface area contributed by atoms with Crippen molar-refractivity contribution in [1.82, 2.24) is 0 Å². The lowest BCUT2D eigenvalue weighted by molar-refractivity contribution is -0.118. The van der Waals surface area contributed by atoms with Gasteiger partial charge in [-0.2, -0.15) is 0 Å². The minimum atomic E-state index is 0.233. The lowest BCUT2D eigenvalue weighted by Crippen LogP contribution is -2.18. The molecule has 3 fully saturated rings. The van der Waals surface area contributed by atoms with Gasteiger partial charge in [-0.15, -0.1) is 0 Å². The average molecular weight is 257 g/mol. The second-order valence-corrected chi connectivity index (χ2v) is 6.23. The summed E-state index contributed by atoms with van der Waals surface area (Å²) >= 11 is 0. The largest absolute Gasteiger partial charge is 0.497 e. The summed E-state index contributed by atoms with van der Waals surface area (Å²) < 4.78 is 5.12. The molecule has 4 unspecified atom stereocenters. The quantitative estimate of drug-likeness (QED) is 0.904. The highest BCUT2D eigenvalue weighted by molar-refractivity contribution is 5.95. The van der Waals surface area contributed by atoms with E-state index >= 15 is 0 Å². The second-order valence-electron chi connectivity index (χ2n) is 6.23. The third kappa shape index (κ3) is 1.67. The highest BCUT2D eigenvalue weighted by Gasteiger charge is 2.67. The molecule has 4 atom stereocenters. The van der Waals surface area contributed by atoms with E-state index in [0.717, 1.165) is 23.3 Å². The van der Waals surface area contributed by atoms with Crippen molar-refractivity contribution >= 4 is 11.6 Å². The minimum Gasteiger partial charge on any atom is -0.497 e. The van der Waals surface area contributed by atoms with Gasteiger partial charge in [-0.05, 0) is 67.2 Å². The number of anilines is 1. The summed E-state index contributed by atoms with van der Waals surface area (Å²) in [5.41, 5.74) is 0.878. The molecule has 100 valence electrons. The molecule has 3 nitrogen and oxygen atoms in total. The molecule has 1 amide bonds. The first-order valence-electron chi connectivity index (χ1n) is 7.23. The predicted octanol–water partition coefficient (Wildman–Crippen LogP) is 2.93. The van der Waals surface area contributed by atoms with Gasteiger partial charge in [0, 0.05) is 11.6 Å². The van der Waals surface area contributed by atoms with Crippen molar-refractivity contribution in [3.63, 3.8) is 0 Å². The third-order valence-corrected chi connectivity index (χ3v) is 5.40. The molecule has 3 heteroatoms. The Hall–Kier alpha value is -1.51. The predicted molar refractivity (Wildman–Crippen MR) is 72.9 cm³/mol. The lowest BCUT2D eigenvalue weighted by atomic mass is 10.0. The summed E-state index contributed by atoms with van der Waals surface area (Å²) in [6.07, 6.45) is 4.11. The monoisotopic (exact) mass is 257 g/mol. The first-order valence-corrected chi connectivity index (χ1v) is 7.23. The molecule has 0 spiro atoms. The highest BCUT2D eigenvalue weighted by Crippen LogP contribution is 2.69. The number of hydrogen-bond donors (Lipinski definition) is 1. The lowest BCUT2D eigenvalue weighted by Gasteiger charge is -2.10. The summed E-state index contributed by atoms with van der Waals surface area (Å²) in [6, 6.07) is 7.58. The van der Waals surface area contributed by atoms with E-state index in [-0.39, 0.29) is 5.91 Å². The first-order chi connectivity index (χ1) is 9.28. The molecule has 2 bridgehead atoms. The molecule has 0 aromatic heterocycles. The zero-order valence-corrected chi connectivity index (χ0v) is 11.1. The van der Waals surface area contributed by atoms with E-state index < -0.39 is 0 Å². The maximum atomic E-state index is 12.3. The maximum Gasteiger partial charge on any atom is 0.228 e. The molecule has 0 saturated heterocycles. The number of ether oxygens (including phenoxy) is 1. The van der Waals surface area contributed by atoms with Gasteiger partial charge in [-0.25, -0.2) is 0 Å². The Labute approximate surface area is 113 Å². The van der Waals surface area contributed by atoms with Crippen LogP contribution in [0.25, 0.3) is 0 Å². The molecule has 3 aliphatic rings. The SMILES string of the molecule is COc1ccc(NC(=O)C2C3C4CCC(C4)C23)cc1. The van der Waals surface area contributed by atoms with Crippen LogP contribution in [-0.2, 0) is 4.79 Å². The molecule has 0 heterocycles. The topological polar surface area (TPSA) is 38.3 Å². The summed E-state index contributed by atoms with van der Waals surface area (Å²) in [4.78, 5) is 12.3. The molecule has 0 aliphatic heterocycles. The standard InChI is InChI=1S/C16H19NO2/c1-19-12-6-4-11(5-7-12)17-16(18)15-13-9-2-3-10(8-9)14(13)15/h4-7,9-10,13-15H,2-3,8H2,1H3,(H,17,18). The smallest absolute Gasteiger partial charge is 0.228 e. The number of rotatable bonds is 3. The Kier molecular flexibility index (Phi) is 2.38. The maximum absolute atomic E-state index is 12.3. The number of benzene rings is 1. The second kappa shape index (κ2) is 3.99. The van der Waals surface area contributed by atoms with Crippen LogP contribution in [0.1, 0.15) is 19.3 Å². The fraction of sp³-hybridized carbons (Fsp3) is 0.562. The fourth-order valence-electron chi connectivity index (χ4n) is 4.58. The summed E-state index contributed by atoms with van der Waals surface area (Å²) in [5.74, 6) is 4.46. The summed E-state index contributed by atoms with van der Waals surface area (Å²) in [5, 5.41) is 3.06. The Morgan fingerprint density at radius 1 is 1.16 bits per heavy atom. The molecular weight excluding hydrogens is 238 g/mol. The third-order valence-electron chi connectivity index (χ3n) is 5.40. The van der Waals surface area contributed by atoms with Crippen molar-refractivity contribution in [3.8, 4) is 5.75 Å². The van der Waals surface area contributed by atoms with Crippen LogP contribution < -0.4 is 10.1 Å². The van der Waals surface area contributed by atoms with Crippen molar-refractivity contribution in [2.75, 3.05) is 12.4 Å². The average Bonchev–Trinajstić information content (AvgIpc) is 2.89. The van der Waals surface area contributed by atoms with Gasteiger partial charge in [0.05, 0.1) is 7.11 Å². The van der Waals surface area contributed by atoms with Crippen LogP contribution >= 0.6 is 0 Å². The van der Waals surface area contributed by atoms with Crippen molar-refractivity contribution in [1.29, 1.82) is 0 Å². The van der Waals surface area contributed by atoms with Gasteiger partial charge < -0.3 is 10.1 Å². The van der Waals surface area contributed by atoms with Crippen LogP contribution in [0.2, 0.25) is 0 Å². The van der Waals surface area contributed by atoms with Crippen LogP contribution in [0, 0.1) is 29.6 Å². The van der Waals surface area contributed by atoms with Gasteiger partial charge >= 0.3 is 0 Å². The highest BCUT2D eigenvalue weighted by atomic mass is 16.5. The van der Waals surface area contributed by atoms with Crippen LogP contribution in [0.4, 0.5) is 5.69 Å². The summed E-state index contributed by atoms with van der Waals surface area (Å²) in [6.45, 7) is 0. The fourth-order valence-corrected chi connectivity index (χ4v) is 4.58. The van der Waals surface area contributed by atoms with E-state index in [1.165, 1.54) is 19.3 Å². The van der Waals surface area contributed by atoms with Crippen LogP contribution in [0.3, 0.4) is 0 Å². The van der Waals surface area contributed by atoms with E-state index in [1.54, 1.807) is 7.11 Å². The van der Waals surface area contributed by atoms with Crippen LogP contribution in [-0.4, -0.2) is 13.0 Å². The molecule has 19 heavy (non-hydrogen) atoms. The molecule has 3 aliphatic carbocycles. The molecule has 4 rings (SSSR count). The van der Waals surface area contributed by atoms with Gasteiger partial charge in [-0.3, -0.25) is 4.79 Å². The zero-order valence-electron chi connectivity index (χ0n) is 11.1. The molecule has 1 N–H and O–H groups in total. The number of nitrogens with one attached hydrogen (secondary N) is 1. The Balaban J connectivity index is 1.42. The van der Waals surface area contributed by atoms with Gasteiger partial charge in [0.1, 0.15) is 5.75 Å². The minimum absolute atomic E-state index is 0.233. The Morgan fingerprint density at radius 3 is 2.37 bits per heavy atom. The molecule has 1 aromatic rings. The normalized spacial score (nSPS) is 37.8. The summed E-state index contributed by atoms with van der Waals surface area (Å²) in [7, 11) is 1.65. The van der Waals surface area contributed by atoms with Crippen LogP contribution in [0.15, 0.2) is 24.3 Å². The molecule has 1 aromatic carbocycles. The zero-order chi connectivity index (χ0) is 13.0. The van der Waals surface area contributed by atoms with Gasteiger partial charge in [0.2, 0.25) is 5.91 Å². The number of carbonyl (C=O) groups is 1. The first kappa shape index (κ1) is 11.3. The van der Waals surface area contributed by atoms with Crippen molar-refractivity contribution in [2.45, 2.75) is 19.3 Å². The number of carbonyl (C=O) groups excluding carboxylic acids is 1. The van der Waals surface area contributed by atoms with E-state index in [9.17, 15) is 4.79 Å². The van der Waals surface area contributed by atoms with Gasteiger partial charge in [-0.1, -0.05) is 0 Å². The Morgan fingerprint density at radius 2 is 1.79 bits per heavy atom.